The van der Waals surface area contributed by atoms with E-state index < -0.39 is 0 Å². The SMILES string of the molecule is CCc1cc(N2C[C@H]3CC[C@H]2c2ccccc23)nc(N[C@H](C)CC)n1. The Morgan fingerprint density at radius 1 is 1.16 bits per heavy atom. The van der Waals surface area contributed by atoms with Gasteiger partial charge in [0.25, 0.3) is 0 Å². The zero-order chi connectivity index (χ0) is 17.4. The number of nitrogens with one attached hydrogen (secondary N) is 1. The van der Waals surface area contributed by atoms with Crippen LogP contribution >= 0.6 is 0 Å². The van der Waals surface area contributed by atoms with Gasteiger partial charge < -0.3 is 10.2 Å². The van der Waals surface area contributed by atoms with E-state index >= 15 is 0 Å². The smallest absolute Gasteiger partial charge is 0.225 e. The van der Waals surface area contributed by atoms with Gasteiger partial charge >= 0.3 is 0 Å². The third kappa shape index (κ3) is 2.99. The predicted octanol–water partition coefficient (Wildman–Crippen LogP) is 4.69. The van der Waals surface area contributed by atoms with Gasteiger partial charge in [-0.3, -0.25) is 0 Å². The van der Waals surface area contributed by atoms with Gasteiger partial charge in [-0.25, -0.2) is 4.98 Å². The molecule has 4 heteroatoms. The monoisotopic (exact) mass is 336 g/mol. The van der Waals surface area contributed by atoms with E-state index in [1.54, 1.807) is 5.56 Å². The molecule has 5 rings (SSSR count). The van der Waals surface area contributed by atoms with Crippen LogP contribution in [0.3, 0.4) is 0 Å². The minimum atomic E-state index is 0.387. The molecular formula is C21H28N4. The predicted molar refractivity (Wildman–Crippen MR) is 103 cm³/mol. The molecule has 0 unspecified atom stereocenters. The third-order valence-electron chi connectivity index (χ3n) is 5.79. The van der Waals surface area contributed by atoms with Gasteiger partial charge in [0.05, 0.1) is 6.04 Å². The zero-order valence-electron chi connectivity index (χ0n) is 15.5. The summed E-state index contributed by atoms with van der Waals surface area (Å²) >= 11 is 0. The first-order valence-corrected chi connectivity index (χ1v) is 9.69. The number of nitrogens with zero attached hydrogens (tertiary/aromatic N) is 3. The van der Waals surface area contributed by atoms with Crippen molar-refractivity contribution < 1.29 is 0 Å². The summed E-state index contributed by atoms with van der Waals surface area (Å²) in [6.45, 7) is 7.60. The quantitative estimate of drug-likeness (QED) is 0.860. The minimum Gasteiger partial charge on any atom is -0.352 e. The number of hydrogen-bond acceptors (Lipinski definition) is 4. The van der Waals surface area contributed by atoms with Gasteiger partial charge in [0.15, 0.2) is 0 Å². The number of benzene rings is 1. The number of aromatic nitrogens is 2. The lowest BCUT2D eigenvalue weighted by Gasteiger charge is -2.47. The van der Waals surface area contributed by atoms with Gasteiger partial charge in [-0.2, -0.15) is 4.98 Å². The molecule has 2 aliphatic heterocycles. The number of anilines is 2. The van der Waals surface area contributed by atoms with Crippen molar-refractivity contribution in [2.24, 2.45) is 0 Å². The van der Waals surface area contributed by atoms with Crippen LogP contribution in [-0.4, -0.2) is 22.6 Å². The summed E-state index contributed by atoms with van der Waals surface area (Å²) in [5.74, 6) is 2.49. The Kier molecular flexibility index (Phi) is 4.36. The summed E-state index contributed by atoms with van der Waals surface area (Å²) in [5.41, 5.74) is 4.17. The normalized spacial score (nSPS) is 22.6. The second-order valence-corrected chi connectivity index (χ2v) is 7.42. The maximum absolute atomic E-state index is 4.89. The van der Waals surface area contributed by atoms with Crippen LogP contribution in [0.2, 0.25) is 0 Å². The summed E-state index contributed by atoms with van der Waals surface area (Å²) in [6.07, 6.45) is 4.52. The van der Waals surface area contributed by atoms with Crippen LogP contribution < -0.4 is 10.2 Å². The molecule has 2 bridgehead atoms. The average molecular weight is 336 g/mol. The highest BCUT2D eigenvalue weighted by molar-refractivity contribution is 5.53. The first kappa shape index (κ1) is 16.4. The Hall–Kier alpha value is -2.10. The second kappa shape index (κ2) is 6.66. The van der Waals surface area contributed by atoms with Crippen LogP contribution in [0.4, 0.5) is 11.8 Å². The van der Waals surface area contributed by atoms with Crippen molar-refractivity contribution in [1.29, 1.82) is 0 Å². The fourth-order valence-electron chi connectivity index (χ4n) is 4.19. The van der Waals surface area contributed by atoms with E-state index in [4.69, 9.17) is 9.97 Å². The molecule has 2 aromatic rings. The molecule has 1 N–H and O–H groups in total. The molecule has 1 saturated heterocycles. The average Bonchev–Trinajstić information content (AvgIpc) is 2.68. The molecule has 0 amide bonds. The van der Waals surface area contributed by atoms with E-state index in [0.717, 1.165) is 36.8 Å². The fourth-order valence-corrected chi connectivity index (χ4v) is 4.19. The molecule has 3 aliphatic rings. The van der Waals surface area contributed by atoms with E-state index in [1.165, 1.54) is 18.4 Å². The van der Waals surface area contributed by atoms with Crippen molar-refractivity contribution in [3.63, 3.8) is 0 Å². The topological polar surface area (TPSA) is 41.1 Å². The molecule has 3 atom stereocenters. The molecule has 3 heterocycles. The van der Waals surface area contributed by atoms with E-state index in [0.29, 0.717) is 18.0 Å². The van der Waals surface area contributed by atoms with Crippen molar-refractivity contribution >= 4 is 11.8 Å². The van der Waals surface area contributed by atoms with Crippen LogP contribution in [0.5, 0.6) is 0 Å². The number of aryl methyl sites for hydroxylation is 1. The highest BCUT2D eigenvalue weighted by atomic mass is 15.3. The molecule has 1 aliphatic carbocycles. The van der Waals surface area contributed by atoms with E-state index in [9.17, 15) is 0 Å². The molecular weight excluding hydrogens is 308 g/mol. The Bertz CT molecular complexity index is 757. The molecule has 1 aromatic heterocycles. The molecule has 0 spiro atoms. The number of rotatable bonds is 5. The Morgan fingerprint density at radius 2 is 1.96 bits per heavy atom. The summed E-state index contributed by atoms with van der Waals surface area (Å²) < 4.78 is 0. The summed E-state index contributed by atoms with van der Waals surface area (Å²) in [7, 11) is 0. The summed E-state index contributed by atoms with van der Waals surface area (Å²) in [5, 5.41) is 3.46. The number of piperidine rings is 1. The van der Waals surface area contributed by atoms with Crippen LogP contribution in [0.15, 0.2) is 30.3 Å². The first-order chi connectivity index (χ1) is 12.2. The molecule has 132 valence electrons. The van der Waals surface area contributed by atoms with Crippen molar-refractivity contribution in [2.45, 2.75) is 64.5 Å². The maximum atomic E-state index is 4.89. The lowest BCUT2D eigenvalue weighted by Crippen LogP contribution is -2.43. The van der Waals surface area contributed by atoms with Gasteiger partial charge in [0, 0.05) is 30.3 Å². The van der Waals surface area contributed by atoms with Gasteiger partial charge in [-0.05, 0) is 43.7 Å². The van der Waals surface area contributed by atoms with E-state index in [1.807, 2.05) is 0 Å². The van der Waals surface area contributed by atoms with Crippen LogP contribution in [0.25, 0.3) is 0 Å². The van der Waals surface area contributed by atoms with Gasteiger partial charge in [0.1, 0.15) is 5.82 Å². The molecule has 0 saturated carbocycles. The van der Waals surface area contributed by atoms with Crippen molar-refractivity contribution in [3.05, 3.63) is 47.2 Å². The Balaban J connectivity index is 1.69. The first-order valence-electron chi connectivity index (χ1n) is 9.69. The van der Waals surface area contributed by atoms with Crippen molar-refractivity contribution in [2.75, 3.05) is 16.8 Å². The fraction of sp³-hybridized carbons (Fsp3) is 0.524. The molecule has 4 nitrogen and oxygen atoms in total. The molecule has 0 radical (unpaired) electrons. The zero-order valence-corrected chi connectivity index (χ0v) is 15.5. The summed E-state index contributed by atoms with van der Waals surface area (Å²) in [6, 6.07) is 12.0. The molecule has 25 heavy (non-hydrogen) atoms. The van der Waals surface area contributed by atoms with Crippen LogP contribution in [0, 0.1) is 0 Å². The molecule has 1 fully saturated rings. The van der Waals surface area contributed by atoms with Crippen LogP contribution in [0.1, 0.15) is 68.8 Å². The molecule has 1 aromatic carbocycles. The second-order valence-electron chi connectivity index (χ2n) is 7.42. The summed E-state index contributed by atoms with van der Waals surface area (Å²) in [4.78, 5) is 12.1. The van der Waals surface area contributed by atoms with Crippen molar-refractivity contribution in [3.8, 4) is 0 Å². The third-order valence-corrected chi connectivity index (χ3v) is 5.79. The van der Waals surface area contributed by atoms with E-state index in [2.05, 4.69) is 61.3 Å². The number of hydrogen-bond donors (Lipinski definition) is 1. The van der Waals surface area contributed by atoms with Gasteiger partial charge in [-0.1, -0.05) is 38.1 Å². The highest BCUT2D eigenvalue weighted by Gasteiger charge is 2.38. The standard InChI is InChI=1S/C21H28N4/c1-4-14(3)22-21-23-16(5-2)12-20(24-21)25-13-15-10-11-19(25)18-9-7-6-8-17(15)18/h6-9,12,14-15,19H,4-5,10-11,13H2,1-3H3,(H,22,23,24)/t14-,15-,19+/m1/s1. The number of fused-ring (bicyclic) bond motifs is 2. The van der Waals surface area contributed by atoms with Gasteiger partial charge in [0.2, 0.25) is 5.95 Å². The van der Waals surface area contributed by atoms with Gasteiger partial charge in [-0.15, -0.1) is 0 Å². The Labute approximate surface area is 150 Å². The van der Waals surface area contributed by atoms with E-state index in [-0.39, 0.29) is 0 Å². The van der Waals surface area contributed by atoms with Crippen LogP contribution in [-0.2, 0) is 6.42 Å². The minimum absolute atomic E-state index is 0.387. The van der Waals surface area contributed by atoms with Crippen molar-refractivity contribution in [1.82, 2.24) is 9.97 Å². The maximum Gasteiger partial charge on any atom is 0.225 e. The lowest BCUT2D eigenvalue weighted by atomic mass is 9.75. The highest BCUT2D eigenvalue weighted by Crippen LogP contribution is 2.47. The largest absolute Gasteiger partial charge is 0.352 e. The lowest BCUT2D eigenvalue weighted by molar-refractivity contribution is 0.387. The Morgan fingerprint density at radius 3 is 2.72 bits per heavy atom.